The van der Waals surface area contributed by atoms with Crippen LogP contribution in [0.3, 0.4) is 0 Å². The summed E-state index contributed by atoms with van der Waals surface area (Å²) in [4.78, 5) is 17.7. The first-order valence-corrected chi connectivity index (χ1v) is 8.12. The van der Waals surface area contributed by atoms with Crippen molar-refractivity contribution in [1.29, 1.82) is 10.5 Å². The van der Waals surface area contributed by atoms with E-state index in [4.69, 9.17) is 0 Å². The van der Waals surface area contributed by atoms with E-state index in [1.54, 1.807) is 12.1 Å². The predicted octanol–water partition coefficient (Wildman–Crippen LogP) is 3.47. The summed E-state index contributed by atoms with van der Waals surface area (Å²) in [5, 5.41) is 19.6. The monoisotopic (exact) mass is 340 g/mol. The molecule has 4 rings (SSSR count). The number of nitriles is 2. The van der Waals surface area contributed by atoms with Crippen molar-refractivity contribution >= 4 is 33.8 Å². The molecule has 0 saturated carbocycles. The molecule has 0 saturated heterocycles. The second-order valence-electron chi connectivity index (χ2n) is 5.06. The van der Waals surface area contributed by atoms with Crippen molar-refractivity contribution < 1.29 is 0 Å². The third kappa shape index (κ3) is 2.74. The molecule has 0 spiro atoms. The van der Waals surface area contributed by atoms with E-state index >= 15 is 0 Å². The molecule has 7 heteroatoms. The van der Waals surface area contributed by atoms with Gasteiger partial charge in [0, 0.05) is 0 Å². The minimum atomic E-state index is 0.197. The lowest BCUT2D eigenvalue weighted by Crippen LogP contribution is -1.97. The molecular weight excluding hydrogens is 332 g/mol. The van der Waals surface area contributed by atoms with Gasteiger partial charge in [0.15, 0.2) is 11.4 Å². The van der Waals surface area contributed by atoms with Crippen molar-refractivity contribution in [2.24, 2.45) is 0 Å². The van der Waals surface area contributed by atoms with Gasteiger partial charge in [-0.1, -0.05) is 24.3 Å². The Balaban J connectivity index is 1.87. The van der Waals surface area contributed by atoms with E-state index in [-0.39, 0.29) is 11.4 Å². The Morgan fingerprint density at radius 1 is 0.600 bits per heavy atom. The lowest BCUT2D eigenvalue weighted by Gasteiger charge is -2.06. The molecule has 0 atom stereocenters. The zero-order valence-corrected chi connectivity index (χ0v) is 13.5. The zero-order valence-electron chi connectivity index (χ0n) is 12.7. The third-order valence-electron chi connectivity index (χ3n) is 3.48. The van der Waals surface area contributed by atoms with Gasteiger partial charge in [0.2, 0.25) is 0 Å². The maximum atomic E-state index is 9.39. The molecule has 6 nitrogen and oxygen atoms in total. The molecule has 0 bridgehead atoms. The number of hydrogen-bond donors (Lipinski definition) is 0. The van der Waals surface area contributed by atoms with Crippen LogP contribution in [0.1, 0.15) is 11.4 Å². The highest BCUT2D eigenvalue weighted by Gasteiger charge is 2.15. The van der Waals surface area contributed by atoms with Crippen LogP contribution in [0.4, 0.5) is 0 Å². The number of rotatable bonds is 2. The third-order valence-corrected chi connectivity index (χ3v) is 4.44. The predicted molar refractivity (Wildman–Crippen MR) is 92.6 cm³/mol. The van der Waals surface area contributed by atoms with Crippen molar-refractivity contribution in [3.63, 3.8) is 0 Å². The van der Waals surface area contributed by atoms with Gasteiger partial charge in [-0.3, -0.25) is 0 Å². The molecule has 0 aliphatic rings. The van der Waals surface area contributed by atoms with Gasteiger partial charge in [0.25, 0.3) is 0 Å². The average Bonchev–Trinajstić information content (AvgIpc) is 2.66. The van der Waals surface area contributed by atoms with Crippen molar-refractivity contribution in [3.8, 4) is 12.1 Å². The topological polar surface area (TPSA) is 99.1 Å². The lowest BCUT2D eigenvalue weighted by atomic mass is 10.3. The van der Waals surface area contributed by atoms with E-state index in [1.165, 1.54) is 0 Å². The Morgan fingerprint density at radius 3 is 1.32 bits per heavy atom. The molecule has 2 aromatic carbocycles. The van der Waals surface area contributed by atoms with E-state index in [1.807, 2.05) is 36.4 Å². The molecule has 0 radical (unpaired) electrons. The summed E-state index contributed by atoms with van der Waals surface area (Å²) < 4.78 is 0. The maximum absolute atomic E-state index is 9.39. The Labute approximate surface area is 146 Å². The average molecular weight is 340 g/mol. The van der Waals surface area contributed by atoms with E-state index in [2.05, 4.69) is 32.1 Å². The Hall–Kier alpha value is -3.55. The largest absolute Gasteiger partial charge is 0.236 e. The van der Waals surface area contributed by atoms with Crippen molar-refractivity contribution in [2.75, 3.05) is 0 Å². The second kappa shape index (κ2) is 6.16. The first-order chi connectivity index (χ1) is 12.3. The Bertz CT molecular complexity index is 1110. The van der Waals surface area contributed by atoms with Gasteiger partial charge in [-0.25, -0.2) is 19.9 Å². The second-order valence-corrected chi connectivity index (χ2v) is 6.04. The van der Waals surface area contributed by atoms with E-state index in [0.29, 0.717) is 32.1 Å². The van der Waals surface area contributed by atoms with Crippen LogP contribution in [0.2, 0.25) is 0 Å². The van der Waals surface area contributed by atoms with Crippen molar-refractivity contribution in [1.82, 2.24) is 19.9 Å². The fourth-order valence-corrected chi connectivity index (χ4v) is 3.19. The van der Waals surface area contributed by atoms with Gasteiger partial charge < -0.3 is 0 Å². The van der Waals surface area contributed by atoms with E-state index in [0.717, 1.165) is 11.8 Å². The highest BCUT2D eigenvalue weighted by molar-refractivity contribution is 7.99. The molecule has 116 valence electrons. The number of hydrogen-bond acceptors (Lipinski definition) is 7. The quantitative estimate of drug-likeness (QED) is 0.551. The number of benzene rings is 2. The molecule has 0 unspecified atom stereocenters. The molecule has 2 heterocycles. The van der Waals surface area contributed by atoms with Crippen LogP contribution in [0.5, 0.6) is 0 Å². The van der Waals surface area contributed by atoms with Crippen LogP contribution in [0.15, 0.2) is 58.6 Å². The molecule has 0 aliphatic carbocycles. The smallest absolute Gasteiger partial charge is 0.173 e. The van der Waals surface area contributed by atoms with Crippen LogP contribution in [-0.4, -0.2) is 19.9 Å². The van der Waals surface area contributed by atoms with Gasteiger partial charge >= 0.3 is 0 Å². The number of fused-ring (bicyclic) bond motifs is 2. The molecule has 4 aromatic rings. The summed E-state index contributed by atoms with van der Waals surface area (Å²) in [7, 11) is 0. The first kappa shape index (κ1) is 15.0. The number of aromatic nitrogens is 4. The number of nitrogens with zero attached hydrogens (tertiary/aromatic N) is 6. The highest BCUT2D eigenvalue weighted by atomic mass is 32.2. The molecule has 0 fully saturated rings. The summed E-state index contributed by atoms with van der Waals surface area (Å²) in [6, 6.07) is 18.8. The van der Waals surface area contributed by atoms with E-state index in [9.17, 15) is 10.5 Å². The molecule has 0 amide bonds. The van der Waals surface area contributed by atoms with Gasteiger partial charge in [-0.05, 0) is 36.0 Å². The summed E-state index contributed by atoms with van der Waals surface area (Å²) in [5.41, 5.74) is 3.04. The van der Waals surface area contributed by atoms with Crippen LogP contribution < -0.4 is 0 Å². The molecule has 2 aromatic heterocycles. The van der Waals surface area contributed by atoms with Crippen LogP contribution in [0, 0.1) is 22.7 Å². The molecule has 0 aliphatic heterocycles. The molecule has 25 heavy (non-hydrogen) atoms. The zero-order chi connectivity index (χ0) is 17.2. The summed E-state index contributed by atoms with van der Waals surface area (Å²) >= 11 is 1.13. The van der Waals surface area contributed by atoms with Gasteiger partial charge in [0.05, 0.1) is 22.1 Å². The van der Waals surface area contributed by atoms with Gasteiger partial charge in [-0.15, -0.1) is 0 Å². The molecular formula is C18H8N6S. The van der Waals surface area contributed by atoms with Gasteiger partial charge in [-0.2, -0.15) is 10.5 Å². The van der Waals surface area contributed by atoms with E-state index < -0.39 is 0 Å². The van der Waals surface area contributed by atoms with Crippen molar-refractivity contribution in [3.05, 3.63) is 59.9 Å². The first-order valence-electron chi connectivity index (χ1n) is 7.30. The fourth-order valence-electron chi connectivity index (χ4n) is 2.35. The molecule has 0 N–H and O–H groups in total. The van der Waals surface area contributed by atoms with Crippen molar-refractivity contribution in [2.45, 2.75) is 10.1 Å². The van der Waals surface area contributed by atoms with Crippen LogP contribution >= 0.6 is 11.8 Å². The number of para-hydroxylation sites is 4. The summed E-state index contributed by atoms with van der Waals surface area (Å²) in [6.45, 7) is 0. The normalized spacial score (nSPS) is 10.5. The maximum Gasteiger partial charge on any atom is 0.173 e. The fraction of sp³-hybridized carbons (Fsp3) is 0. The lowest BCUT2D eigenvalue weighted by molar-refractivity contribution is 1.05. The Kier molecular flexibility index (Phi) is 3.70. The van der Waals surface area contributed by atoms with Gasteiger partial charge in [0.1, 0.15) is 22.2 Å². The highest BCUT2D eigenvalue weighted by Crippen LogP contribution is 2.30. The Morgan fingerprint density at radius 2 is 0.960 bits per heavy atom. The summed E-state index contributed by atoms with van der Waals surface area (Å²) in [6.07, 6.45) is 0. The minimum Gasteiger partial charge on any atom is -0.236 e. The minimum absolute atomic E-state index is 0.197. The van der Waals surface area contributed by atoms with Crippen LogP contribution in [-0.2, 0) is 0 Å². The standard InChI is InChI=1S/C18H8N6S/c19-9-15-17(23-13-7-3-1-5-11(13)21-15)25-18-16(10-20)22-12-6-2-4-8-14(12)24-18/h1-8H. The SMILES string of the molecule is N#Cc1nc2ccccc2nc1Sc1nc2ccccc2nc1C#N. The van der Waals surface area contributed by atoms with Crippen LogP contribution in [0.25, 0.3) is 22.1 Å². The summed E-state index contributed by atoms with van der Waals surface area (Å²) in [5.74, 6) is 0.